The molecule has 0 spiro atoms. The second kappa shape index (κ2) is 26.3. The highest BCUT2D eigenvalue weighted by Crippen LogP contribution is 2.38. The largest absolute Gasteiger partial charge is 0.493 e. The smallest absolute Gasteiger partial charge is 0.154 e. The fourth-order valence-electron chi connectivity index (χ4n) is 5.99. The summed E-state index contributed by atoms with van der Waals surface area (Å²) in [6.07, 6.45) is 23.8. The molecule has 0 aromatic heterocycles. The molecule has 0 atom stereocenters. The highest BCUT2D eigenvalue weighted by Gasteiger charge is 2.14. The number of benzene rings is 3. The summed E-state index contributed by atoms with van der Waals surface area (Å²) in [5.74, 6) is 3.63. The molecule has 0 saturated carbocycles. The van der Waals surface area contributed by atoms with Crippen molar-refractivity contribution in [1.29, 1.82) is 0 Å². The van der Waals surface area contributed by atoms with Gasteiger partial charge >= 0.3 is 0 Å². The van der Waals surface area contributed by atoms with Gasteiger partial charge in [-0.15, -0.1) is 23.5 Å². The third-order valence-electron chi connectivity index (χ3n) is 8.98. The minimum absolute atomic E-state index is 0.603. The van der Waals surface area contributed by atoms with Crippen LogP contribution in [0.1, 0.15) is 150 Å². The average Bonchev–Trinajstić information content (AvgIpc) is 3.12. The van der Waals surface area contributed by atoms with Gasteiger partial charge < -0.3 is 9.47 Å². The average molecular weight is 851 g/mol. The second-order valence-corrected chi connectivity index (χ2v) is 17.0. The monoisotopic (exact) mass is 848 g/mol. The van der Waals surface area contributed by atoms with E-state index in [1.807, 2.05) is 47.8 Å². The third kappa shape index (κ3) is 15.2. The predicted molar refractivity (Wildman–Crippen MR) is 223 cm³/mol. The van der Waals surface area contributed by atoms with E-state index < -0.39 is 0 Å². The SMILES string of the molecule is CCCCCCOc1ccc2c(C=O)c(OCCCCCCCCCCCCSc3cc(Br)c(SCCCCCC)cc3C=O)ccc2c1Br. The van der Waals surface area contributed by atoms with E-state index in [4.69, 9.17) is 9.47 Å². The standard InChI is InChI=1S/C42H58Br2O4S2/c1-3-5-7-17-26-48-39-24-21-34-35(42(39)44)22-23-38(36(34)32-46)47-25-18-15-13-11-9-10-12-14-16-20-27-49-40-30-37(43)41(29-33(40)31-45)50-28-19-8-6-4-2/h21-24,29-32H,3-20,25-28H2,1-2H3. The molecule has 0 heterocycles. The molecule has 0 N–H and O–H groups in total. The number of fused-ring (bicyclic) bond motifs is 1. The van der Waals surface area contributed by atoms with Gasteiger partial charge in [0.15, 0.2) is 12.6 Å². The molecule has 0 fully saturated rings. The van der Waals surface area contributed by atoms with Crippen LogP contribution in [-0.4, -0.2) is 37.3 Å². The van der Waals surface area contributed by atoms with Crippen molar-refractivity contribution in [2.45, 2.75) is 139 Å². The van der Waals surface area contributed by atoms with Crippen molar-refractivity contribution in [3.8, 4) is 11.5 Å². The van der Waals surface area contributed by atoms with E-state index in [-0.39, 0.29) is 0 Å². The van der Waals surface area contributed by atoms with Crippen molar-refractivity contribution in [3.05, 3.63) is 56.5 Å². The Bertz CT molecular complexity index is 1430. The Labute approximate surface area is 327 Å². The van der Waals surface area contributed by atoms with Crippen molar-refractivity contribution in [1.82, 2.24) is 0 Å². The van der Waals surface area contributed by atoms with Gasteiger partial charge in [0.1, 0.15) is 11.5 Å². The molecular formula is C42H58Br2O4S2. The summed E-state index contributed by atoms with van der Waals surface area (Å²) < 4.78 is 14.1. The van der Waals surface area contributed by atoms with Gasteiger partial charge in [-0.1, -0.05) is 104 Å². The lowest BCUT2D eigenvalue weighted by atomic mass is 10.0. The van der Waals surface area contributed by atoms with Crippen molar-refractivity contribution in [3.63, 3.8) is 0 Å². The zero-order valence-electron chi connectivity index (χ0n) is 30.4. The molecule has 3 aromatic rings. The van der Waals surface area contributed by atoms with Crippen LogP contribution in [0.25, 0.3) is 10.8 Å². The van der Waals surface area contributed by atoms with E-state index in [0.29, 0.717) is 24.5 Å². The maximum Gasteiger partial charge on any atom is 0.154 e. The minimum Gasteiger partial charge on any atom is -0.493 e. The number of ether oxygens (including phenoxy) is 2. The molecule has 0 bridgehead atoms. The molecular weight excluding hydrogens is 792 g/mol. The lowest BCUT2D eigenvalue weighted by Gasteiger charge is -2.14. The molecule has 0 aliphatic carbocycles. The molecule has 3 rings (SSSR count). The van der Waals surface area contributed by atoms with Crippen molar-refractivity contribution in [2.24, 2.45) is 0 Å². The van der Waals surface area contributed by atoms with Crippen LogP contribution in [0.15, 0.2) is 55.1 Å². The van der Waals surface area contributed by atoms with Crippen LogP contribution >= 0.6 is 55.4 Å². The normalized spacial score (nSPS) is 11.3. The Balaban J connectivity index is 1.24. The quantitative estimate of drug-likeness (QED) is 0.0394. The predicted octanol–water partition coefficient (Wildman–Crippen LogP) is 14.7. The number of hydrogen-bond acceptors (Lipinski definition) is 6. The summed E-state index contributed by atoms with van der Waals surface area (Å²) in [7, 11) is 0. The van der Waals surface area contributed by atoms with E-state index in [1.54, 1.807) is 0 Å². The summed E-state index contributed by atoms with van der Waals surface area (Å²) >= 11 is 11.1. The van der Waals surface area contributed by atoms with Crippen LogP contribution in [0.2, 0.25) is 0 Å². The third-order valence-corrected chi connectivity index (χ3v) is 13.0. The van der Waals surface area contributed by atoms with Crippen LogP contribution < -0.4 is 9.47 Å². The fourth-order valence-corrected chi connectivity index (χ4v) is 9.44. The Morgan fingerprint density at radius 3 is 1.66 bits per heavy atom. The Morgan fingerprint density at radius 1 is 0.560 bits per heavy atom. The van der Waals surface area contributed by atoms with Crippen LogP contribution in [0, 0.1) is 0 Å². The number of aldehydes is 2. The molecule has 4 nitrogen and oxygen atoms in total. The Kier molecular flexibility index (Phi) is 22.6. The molecule has 0 radical (unpaired) electrons. The van der Waals surface area contributed by atoms with E-state index in [2.05, 4.69) is 57.8 Å². The molecule has 0 aliphatic heterocycles. The molecule has 3 aromatic carbocycles. The molecule has 0 amide bonds. The van der Waals surface area contributed by atoms with Crippen molar-refractivity contribution < 1.29 is 19.1 Å². The number of hydrogen-bond donors (Lipinski definition) is 0. The molecule has 0 aliphatic rings. The van der Waals surface area contributed by atoms with E-state index in [1.165, 1.54) is 101 Å². The number of carbonyl (C=O) groups is 2. The van der Waals surface area contributed by atoms with Crippen molar-refractivity contribution >= 4 is 78.7 Å². The number of rotatable bonds is 29. The van der Waals surface area contributed by atoms with Gasteiger partial charge in [-0.25, -0.2) is 0 Å². The summed E-state index contributed by atoms with van der Waals surface area (Å²) in [6, 6.07) is 12.0. The van der Waals surface area contributed by atoms with Crippen LogP contribution in [0.3, 0.4) is 0 Å². The lowest BCUT2D eigenvalue weighted by molar-refractivity contribution is 0.111. The van der Waals surface area contributed by atoms with E-state index in [9.17, 15) is 9.59 Å². The van der Waals surface area contributed by atoms with Crippen molar-refractivity contribution in [2.75, 3.05) is 24.7 Å². The zero-order valence-corrected chi connectivity index (χ0v) is 35.2. The summed E-state index contributed by atoms with van der Waals surface area (Å²) in [4.78, 5) is 26.1. The fraction of sp³-hybridized carbons (Fsp3) is 0.571. The van der Waals surface area contributed by atoms with Gasteiger partial charge in [-0.05, 0) is 111 Å². The minimum atomic E-state index is 0.603. The zero-order chi connectivity index (χ0) is 35.8. The van der Waals surface area contributed by atoms with Gasteiger partial charge in [0, 0.05) is 25.2 Å². The van der Waals surface area contributed by atoms with Gasteiger partial charge in [-0.3, -0.25) is 9.59 Å². The summed E-state index contributed by atoms with van der Waals surface area (Å²) in [5.41, 5.74) is 1.42. The molecule has 50 heavy (non-hydrogen) atoms. The number of unbranched alkanes of at least 4 members (excludes halogenated alkanes) is 15. The van der Waals surface area contributed by atoms with Gasteiger partial charge in [-0.2, -0.15) is 0 Å². The summed E-state index contributed by atoms with van der Waals surface area (Å²) in [5, 5.41) is 1.85. The highest BCUT2D eigenvalue weighted by atomic mass is 79.9. The van der Waals surface area contributed by atoms with Crippen LogP contribution in [0.5, 0.6) is 11.5 Å². The maximum atomic E-state index is 12.1. The van der Waals surface area contributed by atoms with Gasteiger partial charge in [0.05, 0.1) is 23.2 Å². The molecule has 276 valence electrons. The number of halogens is 2. The molecule has 0 unspecified atom stereocenters. The van der Waals surface area contributed by atoms with E-state index in [0.717, 1.165) is 79.3 Å². The van der Waals surface area contributed by atoms with Gasteiger partial charge in [0.25, 0.3) is 0 Å². The number of thioether (sulfide) groups is 2. The first-order chi connectivity index (χ1) is 24.5. The highest BCUT2D eigenvalue weighted by molar-refractivity contribution is 9.11. The lowest BCUT2D eigenvalue weighted by Crippen LogP contribution is -2.02. The van der Waals surface area contributed by atoms with Crippen LogP contribution in [0.4, 0.5) is 0 Å². The van der Waals surface area contributed by atoms with Crippen LogP contribution in [-0.2, 0) is 0 Å². The Hall–Kier alpha value is -1.48. The topological polar surface area (TPSA) is 52.6 Å². The Morgan fingerprint density at radius 2 is 1.06 bits per heavy atom. The first-order valence-electron chi connectivity index (χ1n) is 19.0. The maximum absolute atomic E-state index is 12.1. The first kappa shape index (κ1) is 42.9. The van der Waals surface area contributed by atoms with E-state index >= 15 is 0 Å². The molecule has 0 saturated heterocycles. The first-order valence-corrected chi connectivity index (χ1v) is 22.6. The van der Waals surface area contributed by atoms with Gasteiger partial charge in [0.2, 0.25) is 0 Å². The summed E-state index contributed by atoms with van der Waals surface area (Å²) in [6.45, 7) is 5.77. The molecule has 8 heteroatoms. The number of carbonyl (C=O) groups excluding carboxylic acids is 2. The second-order valence-electron chi connectivity index (χ2n) is 13.1.